The molecule has 18 heavy (non-hydrogen) atoms. The summed E-state index contributed by atoms with van der Waals surface area (Å²) >= 11 is 0. The number of nitrogens with one attached hydrogen (secondary N) is 1. The Bertz CT molecular complexity index is 508. The Balaban J connectivity index is 1.80. The summed E-state index contributed by atoms with van der Waals surface area (Å²) in [5.74, 6) is 0. The number of benzene rings is 2. The number of anilines is 2. The van der Waals surface area contributed by atoms with Gasteiger partial charge in [-0.3, -0.25) is 0 Å². The Morgan fingerprint density at radius 1 is 0.833 bits per heavy atom. The molecule has 0 radical (unpaired) electrons. The van der Waals surface area contributed by atoms with Crippen LogP contribution in [0, 0.1) is 0 Å². The monoisotopic (exact) mass is 238 g/mol. The van der Waals surface area contributed by atoms with E-state index in [9.17, 15) is 0 Å². The summed E-state index contributed by atoms with van der Waals surface area (Å²) < 4.78 is 0. The predicted octanol–water partition coefficient (Wildman–Crippen LogP) is 3.16. The second kappa shape index (κ2) is 5.13. The van der Waals surface area contributed by atoms with Crippen molar-refractivity contribution in [2.75, 3.05) is 29.9 Å². The zero-order valence-corrected chi connectivity index (χ0v) is 10.5. The lowest BCUT2D eigenvalue weighted by Gasteiger charge is -2.28. The third kappa shape index (κ3) is 2.33. The van der Waals surface area contributed by atoms with Gasteiger partial charge in [-0.15, -0.1) is 0 Å². The molecule has 0 aliphatic carbocycles. The smallest absolute Gasteiger partial charge is 0.0374 e. The molecule has 1 aliphatic heterocycles. The van der Waals surface area contributed by atoms with Gasteiger partial charge in [-0.2, -0.15) is 0 Å². The number of fused-ring (bicyclic) bond motifs is 1. The molecular formula is C16H18N2. The topological polar surface area (TPSA) is 15.3 Å². The van der Waals surface area contributed by atoms with Crippen LogP contribution in [-0.4, -0.2) is 19.6 Å². The van der Waals surface area contributed by atoms with Crippen LogP contribution < -0.4 is 10.2 Å². The Morgan fingerprint density at radius 3 is 2.50 bits per heavy atom. The van der Waals surface area contributed by atoms with E-state index in [0.717, 1.165) is 26.1 Å². The molecule has 1 heterocycles. The molecular weight excluding hydrogens is 220 g/mol. The van der Waals surface area contributed by atoms with Gasteiger partial charge in [0.1, 0.15) is 0 Å². The predicted molar refractivity (Wildman–Crippen MR) is 77.3 cm³/mol. The van der Waals surface area contributed by atoms with E-state index in [1.54, 1.807) is 0 Å². The second-order valence-electron chi connectivity index (χ2n) is 4.66. The SMILES string of the molecule is c1ccc(N2CCNc3ccccc3CC2)cc1. The lowest BCUT2D eigenvalue weighted by molar-refractivity contribution is 0.774. The average molecular weight is 238 g/mol. The molecule has 0 amide bonds. The van der Waals surface area contributed by atoms with Crippen LogP contribution in [0.4, 0.5) is 11.4 Å². The first-order valence-corrected chi connectivity index (χ1v) is 6.55. The summed E-state index contributed by atoms with van der Waals surface area (Å²) in [5, 5.41) is 3.52. The summed E-state index contributed by atoms with van der Waals surface area (Å²) in [6.07, 6.45) is 1.10. The van der Waals surface area contributed by atoms with Gasteiger partial charge in [0.2, 0.25) is 0 Å². The molecule has 0 spiro atoms. The van der Waals surface area contributed by atoms with Crippen molar-refractivity contribution in [1.29, 1.82) is 0 Å². The highest BCUT2D eigenvalue weighted by Gasteiger charge is 2.11. The quantitative estimate of drug-likeness (QED) is 0.821. The van der Waals surface area contributed by atoms with Crippen molar-refractivity contribution >= 4 is 11.4 Å². The van der Waals surface area contributed by atoms with Gasteiger partial charge in [-0.25, -0.2) is 0 Å². The van der Waals surface area contributed by atoms with Gasteiger partial charge >= 0.3 is 0 Å². The summed E-state index contributed by atoms with van der Waals surface area (Å²) in [7, 11) is 0. The van der Waals surface area contributed by atoms with Crippen LogP contribution >= 0.6 is 0 Å². The molecule has 3 rings (SSSR count). The van der Waals surface area contributed by atoms with Gasteiger partial charge in [0.05, 0.1) is 0 Å². The maximum Gasteiger partial charge on any atom is 0.0374 e. The van der Waals surface area contributed by atoms with Crippen LogP contribution in [-0.2, 0) is 6.42 Å². The van der Waals surface area contributed by atoms with Crippen LogP contribution in [0.25, 0.3) is 0 Å². The number of nitrogens with zero attached hydrogens (tertiary/aromatic N) is 1. The van der Waals surface area contributed by atoms with E-state index in [1.165, 1.54) is 16.9 Å². The maximum absolute atomic E-state index is 3.52. The molecule has 1 aliphatic rings. The minimum atomic E-state index is 0.992. The first-order valence-electron chi connectivity index (χ1n) is 6.55. The van der Waals surface area contributed by atoms with Crippen molar-refractivity contribution in [3.8, 4) is 0 Å². The van der Waals surface area contributed by atoms with Gasteiger partial charge in [-0.1, -0.05) is 36.4 Å². The Labute approximate surface area is 108 Å². The van der Waals surface area contributed by atoms with Crippen LogP contribution in [0.15, 0.2) is 54.6 Å². The van der Waals surface area contributed by atoms with Gasteiger partial charge in [0.15, 0.2) is 0 Å². The largest absolute Gasteiger partial charge is 0.383 e. The minimum Gasteiger partial charge on any atom is -0.383 e. The molecule has 0 fully saturated rings. The first-order chi connectivity index (χ1) is 8.93. The first kappa shape index (κ1) is 11.1. The van der Waals surface area contributed by atoms with Gasteiger partial charge in [0, 0.05) is 31.0 Å². The highest BCUT2D eigenvalue weighted by Crippen LogP contribution is 2.20. The van der Waals surface area contributed by atoms with Crippen LogP contribution in [0.3, 0.4) is 0 Å². The van der Waals surface area contributed by atoms with Crippen molar-refractivity contribution in [3.05, 3.63) is 60.2 Å². The van der Waals surface area contributed by atoms with Crippen LogP contribution in [0.5, 0.6) is 0 Å². The summed E-state index contributed by atoms with van der Waals surface area (Å²) in [6.45, 7) is 3.13. The average Bonchev–Trinajstić information content (AvgIpc) is 2.41. The zero-order valence-electron chi connectivity index (χ0n) is 10.5. The van der Waals surface area contributed by atoms with E-state index in [2.05, 4.69) is 64.8 Å². The van der Waals surface area contributed by atoms with Gasteiger partial charge in [-0.05, 0) is 30.2 Å². The van der Waals surface area contributed by atoms with E-state index in [4.69, 9.17) is 0 Å². The zero-order chi connectivity index (χ0) is 12.2. The molecule has 1 N–H and O–H groups in total. The summed E-state index contributed by atoms with van der Waals surface area (Å²) in [4.78, 5) is 2.45. The Hall–Kier alpha value is -1.96. The normalized spacial score (nSPS) is 15.2. The molecule has 2 aromatic rings. The molecule has 2 heteroatoms. The second-order valence-corrected chi connectivity index (χ2v) is 4.66. The van der Waals surface area contributed by atoms with E-state index in [0.29, 0.717) is 0 Å². The Morgan fingerprint density at radius 2 is 1.61 bits per heavy atom. The van der Waals surface area contributed by atoms with Crippen molar-refractivity contribution in [2.45, 2.75) is 6.42 Å². The lowest BCUT2D eigenvalue weighted by atomic mass is 10.1. The molecule has 0 bridgehead atoms. The number of hydrogen-bond acceptors (Lipinski definition) is 2. The number of rotatable bonds is 1. The highest BCUT2D eigenvalue weighted by molar-refractivity contribution is 5.54. The van der Waals surface area contributed by atoms with Gasteiger partial charge in [0.25, 0.3) is 0 Å². The molecule has 2 aromatic carbocycles. The van der Waals surface area contributed by atoms with E-state index in [1.807, 2.05) is 0 Å². The van der Waals surface area contributed by atoms with E-state index < -0.39 is 0 Å². The van der Waals surface area contributed by atoms with Crippen LogP contribution in [0.1, 0.15) is 5.56 Å². The molecule has 0 saturated carbocycles. The fraction of sp³-hybridized carbons (Fsp3) is 0.250. The van der Waals surface area contributed by atoms with Crippen molar-refractivity contribution in [1.82, 2.24) is 0 Å². The van der Waals surface area contributed by atoms with Gasteiger partial charge < -0.3 is 10.2 Å². The van der Waals surface area contributed by atoms with E-state index >= 15 is 0 Å². The summed E-state index contributed by atoms with van der Waals surface area (Å²) in [5.41, 5.74) is 4.03. The molecule has 2 nitrogen and oxygen atoms in total. The summed E-state index contributed by atoms with van der Waals surface area (Å²) in [6, 6.07) is 19.3. The minimum absolute atomic E-state index is 0.992. The highest BCUT2D eigenvalue weighted by atomic mass is 15.1. The number of hydrogen-bond donors (Lipinski definition) is 1. The van der Waals surface area contributed by atoms with Crippen LogP contribution in [0.2, 0.25) is 0 Å². The van der Waals surface area contributed by atoms with Crippen molar-refractivity contribution < 1.29 is 0 Å². The van der Waals surface area contributed by atoms with E-state index in [-0.39, 0.29) is 0 Å². The lowest BCUT2D eigenvalue weighted by Crippen LogP contribution is -2.33. The fourth-order valence-electron chi connectivity index (χ4n) is 2.50. The number of para-hydroxylation sites is 2. The third-order valence-electron chi connectivity index (χ3n) is 3.49. The molecule has 92 valence electrons. The van der Waals surface area contributed by atoms with Crippen molar-refractivity contribution in [2.24, 2.45) is 0 Å². The molecule has 0 aromatic heterocycles. The maximum atomic E-state index is 3.52. The molecule has 0 atom stereocenters. The Kier molecular flexibility index (Phi) is 3.18. The third-order valence-corrected chi connectivity index (χ3v) is 3.49. The standard InChI is InChI=1S/C16H18N2/c1-2-7-15(8-3-1)18-12-10-14-6-4-5-9-16(14)17-11-13-18/h1-9,17H,10-13H2. The van der Waals surface area contributed by atoms with Crippen molar-refractivity contribution in [3.63, 3.8) is 0 Å². The fourth-order valence-corrected chi connectivity index (χ4v) is 2.50. The molecule has 0 saturated heterocycles. The molecule has 0 unspecified atom stereocenters.